The summed E-state index contributed by atoms with van der Waals surface area (Å²) in [7, 11) is 0. The molecule has 0 amide bonds. The van der Waals surface area contributed by atoms with Crippen molar-refractivity contribution in [3.8, 4) is 0 Å². The second kappa shape index (κ2) is 11.6. The molecule has 1 saturated carbocycles. The molecule has 120 valence electrons. The molecule has 2 nitrogen and oxygen atoms in total. The molecule has 0 bridgehead atoms. The molecular formula is C18H37NO. The summed E-state index contributed by atoms with van der Waals surface area (Å²) in [6.07, 6.45) is 11.1. The molecule has 0 aromatic rings. The van der Waals surface area contributed by atoms with Crippen LogP contribution < -0.4 is 5.32 Å². The van der Waals surface area contributed by atoms with Gasteiger partial charge in [-0.2, -0.15) is 0 Å². The van der Waals surface area contributed by atoms with Crippen LogP contribution >= 0.6 is 0 Å². The first-order chi connectivity index (χ1) is 9.81. The maximum atomic E-state index is 5.52. The van der Waals surface area contributed by atoms with Crippen molar-refractivity contribution in [2.45, 2.75) is 72.1 Å². The second-order valence-corrected chi connectivity index (χ2v) is 6.53. The van der Waals surface area contributed by atoms with Crippen molar-refractivity contribution in [1.82, 2.24) is 5.32 Å². The van der Waals surface area contributed by atoms with Crippen molar-refractivity contribution < 1.29 is 4.74 Å². The normalized spacial score (nSPS) is 26.9. The maximum Gasteiger partial charge on any atom is 0.0465 e. The van der Waals surface area contributed by atoms with Gasteiger partial charge in [0.05, 0.1) is 0 Å². The summed E-state index contributed by atoms with van der Waals surface area (Å²) >= 11 is 0. The van der Waals surface area contributed by atoms with Crippen molar-refractivity contribution in [1.29, 1.82) is 0 Å². The van der Waals surface area contributed by atoms with E-state index in [1.807, 2.05) is 0 Å². The van der Waals surface area contributed by atoms with Crippen molar-refractivity contribution >= 4 is 0 Å². The van der Waals surface area contributed by atoms with Crippen LogP contribution in [0, 0.1) is 17.8 Å². The van der Waals surface area contributed by atoms with Crippen LogP contribution in [0.3, 0.4) is 0 Å². The van der Waals surface area contributed by atoms with Crippen molar-refractivity contribution in [2.24, 2.45) is 17.8 Å². The van der Waals surface area contributed by atoms with Gasteiger partial charge in [0.1, 0.15) is 0 Å². The van der Waals surface area contributed by atoms with Crippen LogP contribution in [0.1, 0.15) is 72.1 Å². The van der Waals surface area contributed by atoms with Crippen LogP contribution in [-0.4, -0.2) is 26.3 Å². The van der Waals surface area contributed by atoms with Gasteiger partial charge in [0.15, 0.2) is 0 Å². The molecule has 1 N–H and O–H groups in total. The summed E-state index contributed by atoms with van der Waals surface area (Å²) in [4.78, 5) is 0. The average Bonchev–Trinajstić information content (AvgIpc) is 2.46. The highest BCUT2D eigenvalue weighted by molar-refractivity contribution is 4.81. The fourth-order valence-electron chi connectivity index (χ4n) is 3.77. The summed E-state index contributed by atoms with van der Waals surface area (Å²) in [5.41, 5.74) is 0. The minimum atomic E-state index is 0.866. The van der Waals surface area contributed by atoms with Gasteiger partial charge in [0.25, 0.3) is 0 Å². The molecule has 0 saturated heterocycles. The number of ether oxygens (including phenoxy) is 1. The quantitative estimate of drug-likeness (QED) is 0.558. The summed E-state index contributed by atoms with van der Waals surface area (Å²) in [6.45, 7) is 10.9. The molecule has 0 spiro atoms. The molecule has 3 atom stereocenters. The Morgan fingerprint density at radius 1 is 1.00 bits per heavy atom. The van der Waals surface area contributed by atoms with E-state index in [2.05, 4.69) is 26.1 Å². The van der Waals surface area contributed by atoms with Gasteiger partial charge in [-0.3, -0.25) is 0 Å². The zero-order chi connectivity index (χ0) is 14.6. The fourth-order valence-corrected chi connectivity index (χ4v) is 3.77. The topological polar surface area (TPSA) is 21.3 Å². The van der Waals surface area contributed by atoms with Crippen molar-refractivity contribution in [2.75, 3.05) is 26.3 Å². The lowest BCUT2D eigenvalue weighted by atomic mass is 9.71. The Bertz CT molecular complexity index is 219. The minimum Gasteiger partial charge on any atom is -0.382 e. The van der Waals surface area contributed by atoms with Gasteiger partial charge < -0.3 is 10.1 Å². The highest BCUT2D eigenvalue weighted by Gasteiger charge is 2.29. The molecule has 2 heteroatoms. The smallest absolute Gasteiger partial charge is 0.0465 e. The van der Waals surface area contributed by atoms with E-state index in [0.29, 0.717) is 0 Å². The van der Waals surface area contributed by atoms with E-state index in [9.17, 15) is 0 Å². The molecule has 0 aliphatic heterocycles. The SMILES string of the molecule is CCCNCC1CCC(CCC)CC1CCCOCC. The van der Waals surface area contributed by atoms with E-state index in [1.54, 1.807) is 0 Å². The van der Waals surface area contributed by atoms with E-state index in [-0.39, 0.29) is 0 Å². The van der Waals surface area contributed by atoms with Crippen LogP contribution in [-0.2, 0) is 4.74 Å². The van der Waals surface area contributed by atoms with Gasteiger partial charge in [0, 0.05) is 13.2 Å². The zero-order valence-corrected chi connectivity index (χ0v) is 14.1. The Balaban J connectivity index is 2.35. The van der Waals surface area contributed by atoms with Gasteiger partial charge in [0.2, 0.25) is 0 Å². The highest BCUT2D eigenvalue weighted by atomic mass is 16.5. The van der Waals surface area contributed by atoms with Gasteiger partial charge in [-0.15, -0.1) is 0 Å². The Kier molecular flexibility index (Phi) is 10.4. The standard InChI is InChI=1S/C18H37NO/c1-4-8-16-10-11-18(15-19-12-5-2)17(14-16)9-7-13-20-6-3/h16-19H,4-15H2,1-3H3. The third-order valence-electron chi connectivity index (χ3n) is 4.85. The minimum absolute atomic E-state index is 0.866. The lowest BCUT2D eigenvalue weighted by Crippen LogP contribution is -2.33. The third-order valence-corrected chi connectivity index (χ3v) is 4.85. The van der Waals surface area contributed by atoms with E-state index in [1.165, 1.54) is 64.5 Å². The van der Waals surface area contributed by atoms with E-state index < -0.39 is 0 Å². The summed E-state index contributed by atoms with van der Waals surface area (Å²) in [6, 6.07) is 0. The molecular weight excluding hydrogens is 246 g/mol. The molecule has 1 fully saturated rings. The van der Waals surface area contributed by atoms with Gasteiger partial charge in [-0.25, -0.2) is 0 Å². The molecule has 0 aromatic carbocycles. The van der Waals surface area contributed by atoms with Crippen molar-refractivity contribution in [3.63, 3.8) is 0 Å². The Morgan fingerprint density at radius 3 is 2.55 bits per heavy atom. The number of hydrogen-bond acceptors (Lipinski definition) is 2. The average molecular weight is 283 g/mol. The predicted octanol–water partition coefficient (Wildman–Crippen LogP) is 4.64. The van der Waals surface area contributed by atoms with Crippen molar-refractivity contribution in [3.05, 3.63) is 0 Å². The Labute approximate surface area is 127 Å². The number of nitrogens with one attached hydrogen (secondary N) is 1. The Morgan fingerprint density at radius 2 is 1.85 bits per heavy atom. The monoisotopic (exact) mass is 283 g/mol. The van der Waals surface area contributed by atoms with Gasteiger partial charge in [-0.1, -0.05) is 33.1 Å². The van der Waals surface area contributed by atoms with Crippen LogP contribution in [0.2, 0.25) is 0 Å². The lowest BCUT2D eigenvalue weighted by molar-refractivity contribution is 0.116. The molecule has 3 unspecified atom stereocenters. The molecule has 0 aromatic heterocycles. The van der Waals surface area contributed by atoms with Crippen LogP contribution in [0.5, 0.6) is 0 Å². The first-order valence-electron chi connectivity index (χ1n) is 9.10. The van der Waals surface area contributed by atoms with Gasteiger partial charge >= 0.3 is 0 Å². The molecule has 1 aliphatic carbocycles. The molecule has 0 heterocycles. The summed E-state index contributed by atoms with van der Waals surface area (Å²) in [5, 5.41) is 3.65. The summed E-state index contributed by atoms with van der Waals surface area (Å²) < 4.78 is 5.52. The first-order valence-corrected chi connectivity index (χ1v) is 9.10. The molecule has 1 aliphatic rings. The zero-order valence-electron chi connectivity index (χ0n) is 14.1. The predicted molar refractivity (Wildman–Crippen MR) is 88.1 cm³/mol. The molecule has 0 radical (unpaired) electrons. The van der Waals surface area contributed by atoms with E-state index in [0.717, 1.165) is 31.0 Å². The molecule has 1 rings (SSSR count). The third kappa shape index (κ3) is 7.08. The van der Waals surface area contributed by atoms with E-state index in [4.69, 9.17) is 4.74 Å². The number of rotatable bonds is 11. The van der Waals surface area contributed by atoms with Crippen LogP contribution in [0.15, 0.2) is 0 Å². The lowest BCUT2D eigenvalue weighted by Gasteiger charge is -2.36. The fraction of sp³-hybridized carbons (Fsp3) is 1.00. The van der Waals surface area contributed by atoms with E-state index >= 15 is 0 Å². The highest BCUT2D eigenvalue weighted by Crippen LogP contribution is 2.38. The second-order valence-electron chi connectivity index (χ2n) is 6.53. The maximum absolute atomic E-state index is 5.52. The Hall–Kier alpha value is -0.0800. The van der Waals surface area contributed by atoms with Crippen LogP contribution in [0.4, 0.5) is 0 Å². The van der Waals surface area contributed by atoms with Gasteiger partial charge in [-0.05, 0) is 69.9 Å². The number of hydrogen-bond donors (Lipinski definition) is 1. The van der Waals surface area contributed by atoms with Crippen LogP contribution in [0.25, 0.3) is 0 Å². The first kappa shape index (κ1) is 18.0. The summed E-state index contributed by atoms with van der Waals surface area (Å²) in [5.74, 6) is 2.85. The largest absolute Gasteiger partial charge is 0.382 e. The molecule has 20 heavy (non-hydrogen) atoms.